The Morgan fingerprint density at radius 3 is 2.94 bits per heavy atom. The first-order valence-electron chi connectivity index (χ1n) is 5.30. The van der Waals surface area contributed by atoms with E-state index in [1.165, 1.54) is 11.1 Å². The molecule has 0 atom stereocenters. The first-order valence-corrected chi connectivity index (χ1v) is 5.30. The van der Waals surface area contributed by atoms with E-state index >= 15 is 0 Å². The summed E-state index contributed by atoms with van der Waals surface area (Å²) in [7, 11) is 1.56. The van der Waals surface area contributed by atoms with Gasteiger partial charge in [0.05, 0.1) is 18.8 Å². The Bertz CT molecular complexity index is 371. The van der Waals surface area contributed by atoms with Gasteiger partial charge < -0.3 is 20.5 Å². The third-order valence-electron chi connectivity index (χ3n) is 2.29. The van der Waals surface area contributed by atoms with Crippen LogP contribution in [0.25, 0.3) is 0 Å². The van der Waals surface area contributed by atoms with Gasteiger partial charge in [-0.05, 0) is 12.1 Å². The number of nitrogens with two attached hydrogens (primary N) is 1. The highest BCUT2D eigenvalue weighted by molar-refractivity contribution is 5.98. The Labute approximate surface area is 100 Å². The highest BCUT2D eigenvalue weighted by atomic mass is 16.5. The third-order valence-corrected chi connectivity index (χ3v) is 2.29. The van der Waals surface area contributed by atoms with Crippen molar-refractivity contribution < 1.29 is 14.6 Å². The molecule has 6 heteroatoms. The van der Waals surface area contributed by atoms with E-state index in [9.17, 15) is 4.79 Å². The molecule has 0 saturated carbocycles. The summed E-state index contributed by atoms with van der Waals surface area (Å²) in [6.45, 7) is 0.961. The molecule has 0 fully saturated rings. The molecule has 0 aliphatic rings. The van der Waals surface area contributed by atoms with Gasteiger partial charge in [0.15, 0.2) is 0 Å². The Kier molecular flexibility index (Phi) is 5.38. The minimum Gasteiger partial charge on any atom is -0.395 e. The number of aliphatic hydroxyl groups excluding tert-OH is 1. The molecule has 1 heterocycles. The van der Waals surface area contributed by atoms with Gasteiger partial charge in [-0.3, -0.25) is 4.79 Å². The number of nitrogen functional groups attached to an aromatic ring is 1. The van der Waals surface area contributed by atoms with Gasteiger partial charge in [0.1, 0.15) is 5.82 Å². The second kappa shape index (κ2) is 6.82. The van der Waals surface area contributed by atoms with Crippen molar-refractivity contribution in [3.8, 4) is 0 Å². The van der Waals surface area contributed by atoms with Crippen LogP contribution in [0.2, 0.25) is 0 Å². The summed E-state index contributed by atoms with van der Waals surface area (Å²) in [5.74, 6) is -0.0560. The maximum absolute atomic E-state index is 12.1. The summed E-state index contributed by atoms with van der Waals surface area (Å²) in [4.78, 5) is 17.4. The minimum absolute atomic E-state index is 0.102. The number of methoxy groups -OCH3 is 1. The van der Waals surface area contributed by atoms with Gasteiger partial charge in [-0.1, -0.05) is 0 Å². The SMILES string of the molecule is COCCN(CCO)C(=O)c1cccnc1N. The van der Waals surface area contributed by atoms with Crippen LogP contribution in [-0.4, -0.2) is 54.3 Å². The van der Waals surface area contributed by atoms with Crippen molar-refractivity contribution in [3.05, 3.63) is 23.9 Å². The molecule has 17 heavy (non-hydrogen) atoms. The number of amides is 1. The number of pyridine rings is 1. The van der Waals surface area contributed by atoms with Gasteiger partial charge >= 0.3 is 0 Å². The maximum Gasteiger partial charge on any atom is 0.257 e. The van der Waals surface area contributed by atoms with Gasteiger partial charge in [-0.15, -0.1) is 0 Å². The molecule has 1 amide bonds. The number of aromatic nitrogens is 1. The molecule has 0 aliphatic heterocycles. The van der Waals surface area contributed by atoms with E-state index in [1.807, 2.05) is 0 Å². The lowest BCUT2D eigenvalue weighted by Gasteiger charge is -2.21. The first-order chi connectivity index (χ1) is 8.20. The number of carbonyl (C=O) groups excluding carboxylic acids is 1. The molecule has 0 radical (unpaired) electrons. The quantitative estimate of drug-likeness (QED) is 0.714. The van der Waals surface area contributed by atoms with Gasteiger partial charge in [-0.25, -0.2) is 4.98 Å². The number of carbonyl (C=O) groups is 1. The number of anilines is 1. The van der Waals surface area contributed by atoms with Gasteiger partial charge in [0.25, 0.3) is 5.91 Å². The Balaban J connectivity index is 2.80. The van der Waals surface area contributed by atoms with Gasteiger partial charge in [0.2, 0.25) is 0 Å². The molecular weight excluding hydrogens is 222 g/mol. The van der Waals surface area contributed by atoms with E-state index < -0.39 is 0 Å². The van der Waals surface area contributed by atoms with Crippen LogP contribution in [0, 0.1) is 0 Å². The molecule has 1 rings (SSSR count). The predicted molar refractivity (Wildman–Crippen MR) is 63.5 cm³/mol. The first kappa shape index (κ1) is 13.4. The average molecular weight is 239 g/mol. The highest BCUT2D eigenvalue weighted by Crippen LogP contribution is 2.10. The smallest absolute Gasteiger partial charge is 0.257 e. The molecule has 3 N–H and O–H groups in total. The maximum atomic E-state index is 12.1. The molecule has 0 bridgehead atoms. The van der Waals surface area contributed by atoms with Crippen molar-refractivity contribution in [2.75, 3.05) is 39.1 Å². The summed E-state index contributed by atoms with van der Waals surface area (Å²) in [6.07, 6.45) is 1.53. The average Bonchev–Trinajstić information content (AvgIpc) is 2.34. The van der Waals surface area contributed by atoms with E-state index in [1.54, 1.807) is 19.2 Å². The van der Waals surface area contributed by atoms with Gasteiger partial charge in [-0.2, -0.15) is 0 Å². The van der Waals surface area contributed by atoms with Crippen LogP contribution in [-0.2, 0) is 4.74 Å². The molecule has 94 valence electrons. The zero-order chi connectivity index (χ0) is 12.7. The van der Waals surface area contributed by atoms with Gasteiger partial charge in [0, 0.05) is 26.4 Å². The fraction of sp³-hybridized carbons (Fsp3) is 0.455. The standard InChI is InChI=1S/C11H17N3O3/c1-17-8-6-14(5-7-15)11(16)9-3-2-4-13-10(9)12/h2-4,15H,5-8H2,1H3,(H2,12,13). The highest BCUT2D eigenvalue weighted by Gasteiger charge is 2.17. The van der Waals surface area contributed by atoms with Crippen molar-refractivity contribution in [1.82, 2.24) is 9.88 Å². The zero-order valence-corrected chi connectivity index (χ0v) is 9.80. The fourth-order valence-corrected chi connectivity index (χ4v) is 1.41. The van der Waals surface area contributed by atoms with Crippen molar-refractivity contribution in [2.45, 2.75) is 0 Å². The van der Waals surface area contributed by atoms with E-state index in [4.69, 9.17) is 15.6 Å². The lowest BCUT2D eigenvalue weighted by atomic mass is 10.2. The number of hydrogen-bond donors (Lipinski definition) is 2. The molecule has 0 unspecified atom stereocenters. The topological polar surface area (TPSA) is 88.7 Å². The van der Waals surface area contributed by atoms with E-state index in [0.717, 1.165) is 0 Å². The lowest BCUT2D eigenvalue weighted by Crippen LogP contribution is -2.36. The minimum atomic E-state index is -0.248. The molecule has 0 aromatic carbocycles. The second-order valence-electron chi connectivity index (χ2n) is 3.44. The number of rotatable bonds is 6. The number of ether oxygens (including phenoxy) is 1. The molecule has 0 aliphatic carbocycles. The van der Waals surface area contributed by atoms with Crippen LogP contribution >= 0.6 is 0 Å². The second-order valence-corrected chi connectivity index (χ2v) is 3.44. The summed E-state index contributed by atoms with van der Waals surface area (Å²) in [5, 5.41) is 8.92. The molecule has 6 nitrogen and oxygen atoms in total. The fourth-order valence-electron chi connectivity index (χ4n) is 1.41. The van der Waals surface area contributed by atoms with Crippen LogP contribution in [0.15, 0.2) is 18.3 Å². The third kappa shape index (κ3) is 3.69. The molecular formula is C11H17N3O3. The van der Waals surface area contributed by atoms with Crippen LogP contribution in [0.3, 0.4) is 0 Å². The molecule has 0 saturated heterocycles. The molecule has 1 aromatic heterocycles. The van der Waals surface area contributed by atoms with E-state index in [-0.39, 0.29) is 24.9 Å². The van der Waals surface area contributed by atoms with Crippen molar-refractivity contribution in [3.63, 3.8) is 0 Å². The van der Waals surface area contributed by atoms with Crippen molar-refractivity contribution in [1.29, 1.82) is 0 Å². The van der Waals surface area contributed by atoms with Crippen molar-refractivity contribution in [2.24, 2.45) is 0 Å². The molecule has 1 aromatic rings. The zero-order valence-electron chi connectivity index (χ0n) is 9.80. The number of aliphatic hydroxyl groups is 1. The van der Waals surface area contributed by atoms with E-state index in [2.05, 4.69) is 4.98 Å². The predicted octanol–water partition coefficient (Wildman–Crippen LogP) is -0.255. The Morgan fingerprint density at radius 1 is 1.59 bits per heavy atom. The van der Waals surface area contributed by atoms with Crippen LogP contribution in [0.1, 0.15) is 10.4 Å². The van der Waals surface area contributed by atoms with Crippen LogP contribution in [0.5, 0.6) is 0 Å². The monoisotopic (exact) mass is 239 g/mol. The summed E-state index contributed by atoms with van der Waals surface area (Å²) in [6, 6.07) is 3.26. The summed E-state index contributed by atoms with van der Waals surface area (Å²) < 4.78 is 4.91. The Hall–Kier alpha value is -1.66. The van der Waals surface area contributed by atoms with Crippen LogP contribution in [0.4, 0.5) is 5.82 Å². The number of nitrogens with zero attached hydrogens (tertiary/aromatic N) is 2. The number of hydrogen-bond acceptors (Lipinski definition) is 5. The molecule has 0 spiro atoms. The van der Waals surface area contributed by atoms with Crippen molar-refractivity contribution >= 4 is 11.7 Å². The summed E-state index contributed by atoms with van der Waals surface area (Å²) in [5.41, 5.74) is 5.98. The lowest BCUT2D eigenvalue weighted by molar-refractivity contribution is 0.0657. The normalized spacial score (nSPS) is 10.2. The largest absolute Gasteiger partial charge is 0.395 e. The Morgan fingerprint density at radius 2 is 2.35 bits per heavy atom. The van der Waals surface area contributed by atoms with E-state index in [0.29, 0.717) is 18.7 Å². The summed E-state index contributed by atoms with van der Waals surface area (Å²) >= 11 is 0. The van der Waals surface area contributed by atoms with Crippen LogP contribution < -0.4 is 5.73 Å².